The van der Waals surface area contributed by atoms with Gasteiger partial charge in [-0.2, -0.15) is 23.3 Å². The number of hydrogen-bond acceptors (Lipinski definition) is 9. The fourth-order valence-electron chi connectivity index (χ4n) is 4.01. The van der Waals surface area contributed by atoms with Crippen LogP contribution in [0.15, 0.2) is 41.3 Å². The summed E-state index contributed by atoms with van der Waals surface area (Å²) < 4.78 is 46.2. The third-order valence-corrected chi connectivity index (χ3v) is 5.64. The number of nitrogens with one attached hydrogen (secondary N) is 1. The molecule has 10 nitrogen and oxygen atoms in total. The van der Waals surface area contributed by atoms with Crippen LogP contribution in [-0.4, -0.2) is 72.4 Å². The second-order valence-corrected chi connectivity index (χ2v) is 7.96. The van der Waals surface area contributed by atoms with Crippen molar-refractivity contribution in [1.29, 1.82) is 0 Å². The van der Waals surface area contributed by atoms with Crippen LogP contribution >= 0.6 is 0 Å². The van der Waals surface area contributed by atoms with Crippen LogP contribution in [0.2, 0.25) is 0 Å². The van der Waals surface area contributed by atoms with Crippen LogP contribution in [0.25, 0.3) is 0 Å². The molecule has 0 spiro atoms. The SMILES string of the molecule is CC#CCN1c2c(cnn(CCOc3ccccc3)c2=O)N(OC(=O)C(F)(F)F)C1N1CCNCC1. The van der Waals surface area contributed by atoms with E-state index in [4.69, 9.17) is 9.57 Å². The van der Waals surface area contributed by atoms with Crippen molar-refractivity contribution in [1.82, 2.24) is 20.0 Å². The van der Waals surface area contributed by atoms with Gasteiger partial charge in [0.15, 0.2) is 6.29 Å². The van der Waals surface area contributed by atoms with Crippen LogP contribution in [0.5, 0.6) is 5.75 Å². The maximum atomic E-state index is 13.5. The van der Waals surface area contributed by atoms with Gasteiger partial charge in [0, 0.05) is 26.2 Å². The minimum Gasteiger partial charge on any atom is -0.492 e. The maximum Gasteiger partial charge on any atom is 0.493 e. The normalized spacial score (nSPS) is 17.8. The van der Waals surface area contributed by atoms with Crippen molar-refractivity contribution >= 4 is 17.3 Å². The van der Waals surface area contributed by atoms with Gasteiger partial charge in [0.1, 0.15) is 23.7 Å². The minimum atomic E-state index is -5.22. The molecule has 1 fully saturated rings. The molecule has 192 valence electrons. The number of piperazine rings is 1. The molecule has 2 aliphatic rings. The van der Waals surface area contributed by atoms with E-state index in [1.165, 1.54) is 6.20 Å². The lowest BCUT2D eigenvalue weighted by Gasteiger charge is -2.40. The monoisotopic (exact) mass is 506 g/mol. The molecular weight excluding hydrogens is 481 g/mol. The van der Waals surface area contributed by atoms with Crippen molar-refractivity contribution in [3.05, 3.63) is 46.9 Å². The van der Waals surface area contributed by atoms with Gasteiger partial charge < -0.3 is 19.8 Å². The van der Waals surface area contributed by atoms with Gasteiger partial charge in [-0.15, -0.1) is 5.92 Å². The Morgan fingerprint density at radius 1 is 1.22 bits per heavy atom. The van der Waals surface area contributed by atoms with Crippen molar-refractivity contribution in [3.8, 4) is 17.6 Å². The summed E-state index contributed by atoms with van der Waals surface area (Å²) in [6.45, 7) is 3.90. The molecule has 1 atom stereocenters. The molecule has 2 aliphatic heterocycles. The average Bonchev–Trinajstić information content (AvgIpc) is 3.18. The Labute approximate surface area is 205 Å². The Morgan fingerprint density at radius 3 is 2.61 bits per heavy atom. The summed E-state index contributed by atoms with van der Waals surface area (Å²) in [5.41, 5.74) is -0.557. The minimum absolute atomic E-state index is 0.0257. The zero-order valence-electron chi connectivity index (χ0n) is 19.5. The molecule has 0 aliphatic carbocycles. The number of ether oxygens (including phenoxy) is 1. The predicted octanol–water partition coefficient (Wildman–Crippen LogP) is 1.18. The van der Waals surface area contributed by atoms with Crippen LogP contribution in [0, 0.1) is 11.8 Å². The molecule has 0 amide bonds. The van der Waals surface area contributed by atoms with Crippen molar-refractivity contribution in [3.63, 3.8) is 0 Å². The average molecular weight is 506 g/mol. The standard InChI is InChI=1S/C23H25F3N6O4/c1-2-3-11-30-19-18(16-28-31(20(19)33)14-15-35-17-7-5-4-6-8-17)32(36-21(34)23(24,25)26)22(30)29-12-9-27-10-13-29/h4-8,16,22,27H,9-15H2,1H3. The second-order valence-electron chi connectivity index (χ2n) is 7.96. The van der Waals surface area contributed by atoms with E-state index in [9.17, 15) is 22.8 Å². The summed E-state index contributed by atoms with van der Waals surface area (Å²) in [7, 11) is 0. The van der Waals surface area contributed by atoms with Crippen LogP contribution in [0.3, 0.4) is 0 Å². The first-order valence-corrected chi connectivity index (χ1v) is 11.3. The number of hydrogen-bond donors (Lipinski definition) is 1. The molecule has 3 heterocycles. The highest BCUT2D eigenvalue weighted by atomic mass is 19.4. The number of alkyl halides is 3. The van der Waals surface area contributed by atoms with E-state index in [1.54, 1.807) is 24.0 Å². The van der Waals surface area contributed by atoms with Gasteiger partial charge in [-0.25, -0.2) is 9.48 Å². The van der Waals surface area contributed by atoms with Crippen molar-refractivity contribution in [2.45, 2.75) is 25.9 Å². The number of anilines is 2. The lowest BCUT2D eigenvalue weighted by Crippen LogP contribution is -2.61. The summed E-state index contributed by atoms with van der Waals surface area (Å²) in [5.74, 6) is 3.84. The van der Waals surface area contributed by atoms with Crippen LogP contribution in [0.4, 0.5) is 24.5 Å². The highest BCUT2D eigenvalue weighted by Gasteiger charge is 2.49. The van der Waals surface area contributed by atoms with E-state index >= 15 is 0 Å². The predicted molar refractivity (Wildman–Crippen MR) is 124 cm³/mol. The Balaban J connectivity index is 1.68. The van der Waals surface area contributed by atoms with E-state index in [0.717, 1.165) is 9.75 Å². The second kappa shape index (κ2) is 10.9. The summed E-state index contributed by atoms with van der Waals surface area (Å²) in [6, 6.07) is 9.02. The largest absolute Gasteiger partial charge is 0.493 e. The van der Waals surface area contributed by atoms with E-state index in [2.05, 4.69) is 22.3 Å². The van der Waals surface area contributed by atoms with Gasteiger partial charge in [-0.05, 0) is 19.1 Å². The Kier molecular flexibility index (Phi) is 7.66. The number of fused-ring (bicyclic) bond motifs is 1. The zero-order chi connectivity index (χ0) is 25.7. The van der Waals surface area contributed by atoms with Gasteiger partial charge >= 0.3 is 12.1 Å². The number of para-hydroxylation sites is 1. The number of benzene rings is 1. The first kappa shape index (κ1) is 25.3. The third-order valence-electron chi connectivity index (χ3n) is 5.64. The summed E-state index contributed by atoms with van der Waals surface area (Å²) in [6.07, 6.45) is -5.00. The van der Waals surface area contributed by atoms with Crippen LogP contribution < -0.4 is 25.6 Å². The first-order valence-electron chi connectivity index (χ1n) is 11.3. The Bertz CT molecular complexity index is 1190. The zero-order valence-corrected chi connectivity index (χ0v) is 19.5. The Morgan fingerprint density at radius 2 is 1.94 bits per heavy atom. The molecule has 4 rings (SSSR count). The third kappa shape index (κ3) is 5.39. The molecule has 1 N–H and O–H groups in total. The number of aromatic nitrogens is 2. The topological polar surface area (TPSA) is 92.2 Å². The van der Waals surface area contributed by atoms with Gasteiger partial charge in [0.25, 0.3) is 5.56 Å². The lowest BCUT2D eigenvalue weighted by molar-refractivity contribution is -0.203. The smallest absolute Gasteiger partial charge is 0.492 e. The van der Waals surface area contributed by atoms with E-state index < -0.39 is 24.0 Å². The molecule has 1 aromatic carbocycles. The van der Waals surface area contributed by atoms with Gasteiger partial charge in [-0.1, -0.05) is 24.1 Å². The molecule has 0 radical (unpaired) electrons. The fraction of sp³-hybridized carbons (Fsp3) is 0.435. The number of carbonyl (C=O) groups is 1. The van der Waals surface area contributed by atoms with Crippen molar-refractivity contribution < 1.29 is 27.5 Å². The molecule has 0 saturated carbocycles. The molecule has 1 unspecified atom stereocenters. The van der Waals surface area contributed by atoms with Crippen molar-refractivity contribution in [2.24, 2.45) is 0 Å². The highest BCUT2D eigenvalue weighted by molar-refractivity contribution is 5.81. The van der Waals surface area contributed by atoms with Crippen LogP contribution in [0.1, 0.15) is 6.92 Å². The van der Waals surface area contributed by atoms with Crippen LogP contribution in [-0.2, 0) is 16.2 Å². The maximum absolute atomic E-state index is 13.5. The fourth-order valence-corrected chi connectivity index (χ4v) is 4.01. The molecule has 1 aromatic heterocycles. The number of halogens is 3. The number of nitrogens with zero attached hydrogens (tertiary/aromatic N) is 5. The first-order chi connectivity index (χ1) is 17.3. The summed E-state index contributed by atoms with van der Waals surface area (Å²) >= 11 is 0. The van der Waals surface area contributed by atoms with E-state index in [-0.39, 0.29) is 31.1 Å². The van der Waals surface area contributed by atoms with Gasteiger partial charge in [0.05, 0.1) is 19.3 Å². The summed E-state index contributed by atoms with van der Waals surface area (Å²) in [5, 5.41) is 8.09. The lowest BCUT2D eigenvalue weighted by atomic mass is 10.3. The number of rotatable bonds is 7. The van der Waals surface area contributed by atoms with Gasteiger partial charge in [-0.3, -0.25) is 9.69 Å². The molecular formula is C23H25F3N6O4. The Hall–Kier alpha value is -3.76. The van der Waals surface area contributed by atoms with Crippen molar-refractivity contribution in [2.75, 3.05) is 49.3 Å². The highest BCUT2D eigenvalue weighted by Crippen LogP contribution is 2.38. The molecule has 36 heavy (non-hydrogen) atoms. The van der Waals surface area contributed by atoms with E-state index in [0.29, 0.717) is 31.9 Å². The molecule has 0 bridgehead atoms. The molecule has 2 aromatic rings. The molecule has 1 saturated heterocycles. The quantitative estimate of drug-likeness (QED) is 0.556. The van der Waals surface area contributed by atoms with Gasteiger partial charge in [0.2, 0.25) is 0 Å². The molecule has 13 heteroatoms. The number of hydroxylamine groups is 1. The summed E-state index contributed by atoms with van der Waals surface area (Å²) in [4.78, 5) is 33.5. The van der Waals surface area contributed by atoms with E-state index in [1.807, 2.05) is 23.1 Å². The number of carbonyl (C=O) groups excluding carboxylic acids is 1.